The van der Waals surface area contributed by atoms with Gasteiger partial charge >= 0.3 is 0 Å². The molecule has 2 N–H and O–H groups in total. The minimum Gasteiger partial charge on any atom is -0.369 e. The summed E-state index contributed by atoms with van der Waals surface area (Å²) in [6.45, 7) is 3.83. The molecule has 0 aliphatic carbocycles. The van der Waals surface area contributed by atoms with Gasteiger partial charge in [-0.25, -0.2) is 4.98 Å². The molecule has 1 aromatic rings. The highest BCUT2D eigenvalue weighted by atomic mass is 15.0. The molecule has 0 amide bonds. The van der Waals surface area contributed by atoms with Crippen molar-refractivity contribution < 1.29 is 0 Å². The van der Waals surface area contributed by atoms with Crippen LogP contribution >= 0.6 is 0 Å². The van der Waals surface area contributed by atoms with Crippen molar-refractivity contribution in [3.8, 4) is 0 Å². The van der Waals surface area contributed by atoms with E-state index in [1.54, 1.807) is 12.4 Å². The molecule has 0 spiro atoms. The van der Waals surface area contributed by atoms with Crippen LogP contribution in [0.15, 0.2) is 12.4 Å². The number of rotatable bonds is 5. The van der Waals surface area contributed by atoms with Crippen LogP contribution in [-0.2, 0) is 6.54 Å². The lowest BCUT2D eigenvalue weighted by molar-refractivity contribution is 0.784. The first-order valence-electron chi connectivity index (χ1n) is 4.56. The fourth-order valence-corrected chi connectivity index (χ4v) is 0.972. The lowest BCUT2D eigenvalue weighted by Crippen LogP contribution is -2.08. The molecule has 0 bridgehead atoms. The second-order valence-electron chi connectivity index (χ2n) is 2.85. The predicted molar refractivity (Wildman–Crippen MR) is 53.6 cm³/mol. The van der Waals surface area contributed by atoms with Crippen LogP contribution in [0, 0.1) is 0 Å². The number of nitrogens with zero attached hydrogens (tertiary/aromatic N) is 2. The van der Waals surface area contributed by atoms with E-state index in [-0.39, 0.29) is 0 Å². The van der Waals surface area contributed by atoms with Crippen molar-refractivity contribution in [3.05, 3.63) is 18.1 Å². The predicted octanol–water partition coefficient (Wildman–Crippen LogP) is 1.02. The first kappa shape index (κ1) is 9.92. The van der Waals surface area contributed by atoms with Gasteiger partial charge in [0.05, 0.1) is 18.1 Å². The van der Waals surface area contributed by atoms with Crippen molar-refractivity contribution in [2.45, 2.75) is 19.9 Å². The highest BCUT2D eigenvalue weighted by molar-refractivity contribution is 5.30. The molecule has 0 saturated carbocycles. The number of anilines is 1. The van der Waals surface area contributed by atoms with Gasteiger partial charge in [-0.1, -0.05) is 6.92 Å². The lowest BCUT2D eigenvalue weighted by Gasteiger charge is -2.03. The highest BCUT2D eigenvalue weighted by Gasteiger charge is 1.94. The average Bonchev–Trinajstić information content (AvgIpc) is 2.17. The van der Waals surface area contributed by atoms with Crippen molar-refractivity contribution >= 4 is 5.82 Å². The van der Waals surface area contributed by atoms with Gasteiger partial charge in [0, 0.05) is 13.1 Å². The largest absolute Gasteiger partial charge is 0.369 e. The van der Waals surface area contributed by atoms with E-state index in [0.717, 1.165) is 31.0 Å². The maximum atomic E-state index is 4.23. The van der Waals surface area contributed by atoms with E-state index in [1.165, 1.54) is 0 Å². The van der Waals surface area contributed by atoms with Crippen LogP contribution in [0.1, 0.15) is 19.0 Å². The Bertz CT molecular complexity index is 232. The molecule has 0 saturated heterocycles. The van der Waals surface area contributed by atoms with Crippen LogP contribution in [0.25, 0.3) is 0 Å². The zero-order valence-electron chi connectivity index (χ0n) is 8.17. The zero-order chi connectivity index (χ0) is 9.52. The Kier molecular flexibility index (Phi) is 4.18. The van der Waals surface area contributed by atoms with E-state index in [0.29, 0.717) is 0 Å². The van der Waals surface area contributed by atoms with E-state index in [9.17, 15) is 0 Å². The number of aromatic nitrogens is 2. The molecule has 0 aromatic carbocycles. The van der Waals surface area contributed by atoms with Crippen LogP contribution in [-0.4, -0.2) is 23.6 Å². The number of nitrogens with one attached hydrogen (secondary N) is 2. The first-order valence-corrected chi connectivity index (χ1v) is 4.56. The maximum absolute atomic E-state index is 4.23. The summed E-state index contributed by atoms with van der Waals surface area (Å²) in [7, 11) is 1.89. The zero-order valence-corrected chi connectivity index (χ0v) is 8.17. The molecule has 1 rings (SSSR count). The van der Waals surface area contributed by atoms with Gasteiger partial charge in [-0.15, -0.1) is 0 Å². The van der Waals surface area contributed by atoms with Crippen LogP contribution in [0.3, 0.4) is 0 Å². The molecule has 0 fully saturated rings. The fourth-order valence-electron chi connectivity index (χ4n) is 0.972. The maximum Gasteiger partial charge on any atom is 0.144 e. The van der Waals surface area contributed by atoms with Crippen molar-refractivity contribution in [2.24, 2.45) is 0 Å². The van der Waals surface area contributed by atoms with Crippen LogP contribution in [0.2, 0.25) is 0 Å². The summed E-state index contributed by atoms with van der Waals surface area (Å²) >= 11 is 0. The summed E-state index contributed by atoms with van der Waals surface area (Å²) in [4.78, 5) is 8.46. The van der Waals surface area contributed by atoms with Gasteiger partial charge in [-0.2, -0.15) is 0 Å². The van der Waals surface area contributed by atoms with Gasteiger partial charge in [0.2, 0.25) is 0 Å². The quantitative estimate of drug-likeness (QED) is 0.710. The molecule has 0 aliphatic rings. The van der Waals surface area contributed by atoms with Crippen molar-refractivity contribution in [1.29, 1.82) is 0 Å². The van der Waals surface area contributed by atoms with Gasteiger partial charge < -0.3 is 10.6 Å². The second-order valence-corrected chi connectivity index (χ2v) is 2.85. The van der Waals surface area contributed by atoms with Gasteiger partial charge in [0.25, 0.3) is 0 Å². The fraction of sp³-hybridized carbons (Fsp3) is 0.556. The Hall–Kier alpha value is -1.16. The Morgan fingerprint density at radius 1 is 1.31 bits per heavy atom. The first-order chi connectivity index (χ1) is 6.36. The SMILES string of the molecule is CCCNc1cnc(CNC)cn1. The third-order valence-corrected chi connectivity index (χ3v) is 1.62. The minimum absolute atomic E-state index is 0.765. The molecule has 4 nitrogen and oxygen atoms in total. The Labute approximate surface area is 78.8 Å². The molecule has 13 heavy (non-hydrogen) atoms. The molecule has 0 aliphatic heterocycles. The lowest BCUT2D eigenvalue weighted by atomic mass is 10.4. The Morgan fingerprint density at radius 3 is 2.69 bits per heavy atom. The van der Waals surface area contributed by atoms with Crippen LogP contribution in [0.4, 0.5) is 5.82 Å². The summed E-state index contributed by atoms with van der Waals surface area (Å²) in [5, 5.41) is 6.19. The van der Waals surface area contributed by atoms with Crippen molar-refractivity contribution in [1.82, 2.24) is 15.3 Å². The van der Waals surface area contributed by atoms with E-state index in [1.807, 2.05) is 7.05 Å². The second kappa shape index (κ2) is 5.48. The van der Waals surface area contributed by atoms with Crippen LogP contribution < -0.4 is 10.6 Å². The molecule has 0 unspecified atom stereocenters. The topological polar surface area (TPSA) is 49.8 Å². The summed E-state index contributed by atoms with van der Waals surface area (Å²) in [6, 6.07) is 0. The molecule has 1 aromatic heterocycles. The van der Waals surface area contributed by atoms with Crippen molar-refractivity contribution in [3.63, 3.8) is 0 Å². The van der Waals surface area contributed by atoms with E-state index in [2.05, 4.69) is 27.5 Å². The summed E-state index contributed by atoms with van der Waals surface area (Å²) in [5.74, 6) is 0.849. The smallest absolute Gasteiger partial charge is 0.144 e. The average molecular weight is 180 g/mol. The van der Waals surface area contributed by atoms with E-state index >= 15 is 0 Å². The summed E-state index contributed by atoms with van der Waals surface area (Å²) in [6.07, 6.45) is 4.65. The molecule has 0 atom stereocenters. The number of hydrogen-bond acceptors (Lipinski definition) is 4. The van der Waals surface area contributed by atoms with Crippen molar-refractivity contribution in [2.75, 3.05) is 18.9 Å². The van der Waals surface area contributed by atoms with Crippen LogP contribution in [0.5, 0.6) is 0 Å². The number of hydrogen-bond donors (Lipinski definition) is 2. The third kappa shape index (κ3) is 3.38. The molecule has 0 radical (unpaired) electrons. The van der Waals surface area contributed by atoms with Gasteiger partial charge in [-0.05, 0) is 13.5 Å². The summed E-state index contributed by atoms with van der Waals surface area (Å²) < 4.78 is 0. The highest BCUT2D eigenvalue weighted by Crippen LogP contribution is 2.00. The molecule has 4 heteroatoms. The van der Waals surface area contributed by atoms with Gasteiger partial charge in [0.15, 0.2) is 0 Å². The molecule has 72 valence electrons. The van der Waals surface area contributed by atoms with Gasteiger partial charge in [0.1, 0.15) is 5.82 Å². The normalized spacial score (nSPS) is 10.0. The minimum atomic E-state index is 0.765. The third-order valence-electron chi connectivity index (χ3n) is 1.62. The standard InChI is InChI=1S/C9H16N4/c1-3-4-11-9-7-12-8(5-10-2)6-13-9/h6-7,10H,3-5H2,1-2H3,(H,11,13). The monoisotopic (exact) mass is 180 g/mol. The molecular formula is C9H16N4. The Morgan fingerprint density at radius 2 is 2.15 bits per heavy atom. The molecular weight excluding hydrogens is 164 g/mol. The van der Waals surface area contributed by atoms with E-state index < -0.39 is 0 Å². The Balaban J connectivity index is 2.48. The molecule has 1 heterocycles. The van der Waals surface area contributed by atoms with E-state index in [4.69, 9.17) is 0 Å². The summed E-state index contributed by atoms with van der Waals surface area (Å²) in [5.41, 5.74) is 0.963. The van der Waals surface area contributed by atoms with Gasteiger partial charge in [-0.3, -0.25) is 4.98 Å².